The van der Waals surface area contributed by atoms with Crippen molar-refractivity contribution in [2.45, 2.75) is 32.2 Å². The average molecular weight is 351 g/mol. The van der Waals surface area contributed by atoms with Crippen LogP contribution < -0.4 is 10.6 Å². The number of carbonyl (C=O) groups excluding carboxylic acids is 2. The molecule has 2 fully saturated rings. The number of rotatable bonds is 3. The van der Waals surface area contributed by atoms with Crippen molar-refractivity contribution in [1.82, 2.24) is 4.90 Å². The van der Waals surface area contributed by atoms with Crippen LogP contribution in [0, 0.1) is 23.5 Å². The van der Waals surface area contributed by atoms with E-state index in [0.717, 1.165) is 25.0 Å². The second-order valence-electron chi connectivity index (χ2n) is 6.88. The number of nitrogens with two attached hydrogens (primary N) is 1. The molecule has 2 heterocycles. The van der Waals surface area contributed by atoms with E-state index >= 15 is 0 Å². The Kier molecular flexibility index (Phi) is 5.03. The van der Waals surface area contributed by atoms with E-state index in [0.29, 0.717) is 32.0 Å². The van der Waals surface area contributed by atoms with E-state index in [4.69, 9.17) is 5.73 Å². The van der Waals surface area contributed by atoms with Crippen LogP contribution in [0.2, 0.25) is 0 Å². The highest BCUT2D eigenvalue weighted by Gasteiger charge is 2.42. The van der Waals surface area contributed by atoms with Crippen molar-refractivity contribution in [3.8, 4) is 0 Å². The second-order valence-corrected chi connectivity index (χ2v) is 6.88. The number of carbonyl (C=O) groups is 2. The number of benzene rings is 1. The Balaban J connectivity index is 1.76. The number of nitrogens with zero attached hydrogens (tertiary/aromatic N) is 2. The van der Waals surface area contributed by atoms with Crippen molar-refractivity contribution in [3.05, 3.63) is 29.8 Å². The number of likely N-dealkylation sites (tertiary alicyclic amines) is 1. The maximum atomic E-state index is 13.4. The lowest BCUT2D eigenvalue weighted by Gasteiger charge is -2.40. The van der Waals surface area contributed by atoms with E-state index in [-0.39, 0.29) is 23.5 Å². The summed E-state index contributed by atoms with van der Waals surface area (Å²) < 4.78 is 26.5. The van der Waals surface area contributed by atoms with Crippen LogP contribution in [0.1, 0.15) is 26.2 Å². The lowest BCUT2D eigenvalue weighted by atomic mass is 9.89. The summed E-state index contributed by atoms with van der Waals surface area (Å²) in [6.45, 7) is 3.37. The van der Waals surface area contributed by atoms with E-state index in [1.165, 1.54) is 11.0 Å². The first kappa shape index (κ1) is 17.8. The molecule has 2 N–H and O–H groups in total. The van der Waals surface area contributed by atoms with E-state index in [9.17, 15) is 18.4 Å². The Bertz CT molecular complexity index is 682. The summed E-state index contributed by atoms with van der Waals surface area (Å²) in [5.74, 6) is -2.99. The lowest BCUT2D eigenvalue weighted by Crippen LogP contribution is -2.54. The van der Waals surface area contributed by atoms with Crippen LogP contribution in [0.4, 0.5) is 14.5 Å². The molecule has 25 heavy (non-hydrogen) atoms. The van der Waals surface area contributed by atoms with Gasteiger partial charge in [0.2, 0.25) is 11.8 Å². The summed E-state index contributed by atoms with van der Waals surface area (Å²) in [6, 6.07) is 3.29. The number of hydrogen-bond acceptors (Lipinski definition) is 3. The third-order valence-electron chi connectivity index (χ3n) is 5.36. The van der Waals surface area contributed by atoms with Gasteiger partial charge < -0.3 is 15.5 Å². The molecule has 2 amide bonds. The Morgan fingerprint density at radius 3 is 2.68 bits per heavy atom. The lowest BCUT2D eigenvalue weighted by molar-refractivity contribution is -0.143. The monoisotopic (exact) mass is 351 g/mol. The van der Waals surface area contributed by atoms with E-state index in [1.807, 2.05) is 0 Å². The van der Waals surface area contributed by atoms with Gasteiger partial charge in [-0.25, -0.2) is 8.78 Å². The first-order valence-electron chi connectivity index (χ1n) is 8.71. The summed E-state index contributed by atoms with van der Waals surface area (Å²) in [4.78, 5) is 28.7. The van der Waals surface area contributed by atoms with Gasteiger partial charge in [-0.3, -0.25) is 9.59 Å². The quantitative estimate of drug-likeness (QED) is 0.846. The molecule has 7 heteroatoms. The molecule has 3 rings (SSSR count). The minimum atomic E-state index is -1.01. The maximum absolute atomic E-state index is 13.4. The minimum Gasteiger partial charge on any atom is -0.337 e. The van der Waals surface area contributed by atoms with Gasteiger partial charge in [0.15, 0.2) is 11.6 Å². The fraction of sp³-hybridized carbons (Fsp3) is 0.556. The first-order valence-corrected chi connectivity index (χ1v) is 8.71. The molecule has 2 aliphatic heterocycles. The van der Waals surface area contributed by atoms with Gasteiger partial charge in [-0.1, -0.05) is 6.92 Å². The summed E-state index contributed by atoms with van der Waals surface area (Å²) in [7, 11) is 0. The first-order chi connectivity index (χ1) is 11.9. The molecule has 5 nitrogen and oxygen atoms in total. The van der Waals surface area contributed by atoms with Gasteiger partial charge in [0.05, 0.1) is 0 Å². The number of piperidine rings is 1. The molecular weight excluding hydrogens is 328 g/mol. The smallest absolute Gasteiger partial charge is 0.239 e. The van der Waals surface area contributed by atoms with Gasteiger partial charge in [-0.15, -0.1) is 0 Å². The molecule has 0 radical (unpaired) electrons. The minimum absolute atomic E-state index is 0.0497. The van der Waals surface area contributed by atoms with Gasteiger partial charge in [0.25, 0.3) is 0 Å². The molecule has 0 saturated carbocycles. The molecule has 0 bridgehead atoms. The van der Waals surface area contributed by atoms with Crippen molar-refractivity contribution in [2.75, 3.05) is 24.5 Å². The molecule has 2 aliphatic rings. The second kappa shape index (κ2) is 7.07. The fourth-order valence-electron chi connectivity index (χ4n) is 3.90. The van der Waals surface area contributed by atoms with Crippen LogP contribution in [-0.2, 0) is 9.59 Å². The Hall–Kier alpha value is -2.02. The normalized spacial score (nSPS) is 27.0. The molecule has 3 atom stereocenters. The summed E-state index contributed by atoms with van der Waals surface area (Å²) in [5, 5.41) is 0. The van der Waals surface area contributed by atoms with Gasteiger partial charge in [0.1, 0.15) is 5.92 Å². The molecule has 0 aliphatic carbocycles. The van der Waals surface area contributed by atoms with Gasteiger partial charge >= 0.3 is 0 Å². The highest BCUT2D eigenvalue weighted by atomic mass is 19.2. The molecule has 136 valence electrons. The molecule has 1 aromatic carbocycles. The van der Waals surface area contributed by atoms with Gasteiger partial charge in [-0.2, -0.15) is 0 Å². The third kappa shape index (κ3) is 3.25. The number of hydrogen-bond donors (Lipinski definition) is 1. The van der Waals surface area contributed by atoms with Gasteiger partial charge in [-0.05, 0) is 37.3 Å². The number of halogens is 2. The van der Waals surface area contributed by atoms with Crippen molar-refractivity contribution in [3.63, 3.8) is 0 Å². The van der Waals surface area contributed by atoms with E-state index < -0.39 is 17.6 Å². The van der Waals surface area contributed by atoms with Crippen molar-refractivity contribution >= 4 is 17.5 Å². The molecule has 1 aromatic rings. The molecule has 0 unspecified atom stereocenters. The maximum Gasteiger partial charge on any atom is 0.239 e. The number of amides is 2. The summed E-state index contributed by atoms with van der Waals surface area (Å²) >= 11 is 0. The standard InChI is InChI=1S/C18H23F2N3O2/c1-11-3-2-7-23(16(11)10-21)18(25)13-6-8-22(17(13)24)12-4-5-14(19)15(20)9-12/h4-5,9,11,13,16H,2-3,6-8,10,21H2,1H3/t11-,13-,16+/m1/s1. The zero-order valence-electron chi connectivity index (χ0n) is 14.3. The summed E-state index contributed by atoms with van der Waals surface area (Å²) in [5.41, 5.74) is 6.12. The molecule has 0 spiro atoms. The van der Waals surface area contributed by atoms with Crippen molar-refractivity contribution in [1.29, 1.82) is 0 Å². The van der Waals surface area contributed by atoms with E-state index in [2.05, 4.69) is 6.92 Å². The fourth-order valence-corrected chi connectivity index (χ4v) is 3.90. The van der Waals surface area contributed by atoms with Crippen LogP contribution in [0.15, 0.2) is 18.2 Å². The average Bonchev–Trinajstić information content (AvgIpc) is 2.98. The Morgan fingerprint density at radius 1 is 1.24 bits per heavy atom. The van der Waals surface area contributed by atoms with Crippen molar-refractivity contribution in [2.24, 2.45) is 17.6 Å². The largest absolute Gasteiger partial charge is 0.337 e. The predicted octanol–water partition coefficient (Wildman–Crippen LogP) is 1.90. The SMILES string of the molecule is C[C@@H]1CCCN(C(=O)[C@@H]2CCN(c3ccc(F)c(F)c3)C2=O)[C@H]1CN. The molecule has 0 aromatic heterocycles. The van der Waals surface area contributed by atoms with Crippen LogP contribution in [0.5, 0.6) is 0 Å². The highest BCUT2D eigenvalue weighted by molar-refractivity contribution is 6.09. The van der Waals surface area contributed by atoms with Gasteiger partial charge in [0, 0.05) is 37.4 Å². The van der Waals surface area contributed by atoms with Crippen LogP contribution in [0.3, 0.4) is 0 Å². The topological polar surface area (TPSA) is 66.6 Å². The zero-order chi connectivity index (χ0) is 18.1. The molecular formula is C18H23F2N3O2. The van der Waals surface area contributed by atoms with Crippen LogP contribution in [0.25, 0.3) is 0 Å². The highest BCUT2D eigenvalue weighted by Crippen LogP contribution is 2.30. The predicted molar refractivity (Wildman–Crippen MR) is 89.8 cm³/mol. The zero-order valence-corrected chi connectivity index (χ0v) is 14.3. The number of anilines is 1. The third-order valence-corrected chi connectivity index (χ3v) is 5.36. The molecule has 2 saturated heterocycles. The Labute approximate surface area is 145 Å². The van der Waals surface area contributed by atoms with Crippen LogP contribution >= 0.6 is 0 Å². The van der Waals surface area contributed by atoms with E-state index in [1.54, 1.807) is 4.90 Å². The van der Waals surface area contributed by atoms with Crippen molar-refractivity contribution < 1.29 is 18.4 Å². The Morgan fingerprint density at radius 2 is 2.00 bits per heavy atom. The van der Waals surface area contributed by atoms with Crippen LogP contribution in [-0.4, -0.2) is 42.4 Å². The summed E-state index contributed by atoms with van der Waals surface area (Å²) in [6.07, 6.45) is 2.29.